The molecule has 0 saturated carbocycles. The number of carbonyl (C=O) groups is 3. The standard InChI is InChI=1S/C19H17N3O5/c20-11-16(17(23)12-26-14-7-3-1-4-8-14)19(25)22-21-18(24)13-27-15-9-5-2-6-10-15/h1-10,16H,12-13H2,(H,21,24)(H,22,25)/t16-/m1/s1. The maximum absolute atomic E-state index is 12.0. The average molecular weight is 367 g/mol. The van der Waals surface area contributed by atoms with Gasteiger partial charge in [0.1, 0.15) is 18.1 Å². The molecule has 0 aliphatic rings. The fourth-order valence-corrected chi connectivity index (χ4v) is 1.94. The van der Waals surface area contributed by atoms with Gasteiger partial charge in [-0.15, -0.1) is 0 Å². The summed E-state index contributed by atoms with van der Waals surface area (Å²) in [6, 6.07) is 18.7. The monoisotopic (exact) mass is 367 g/mol. The van der Waals surface area contributed by atoms with Gasteiger partial charge in [-0.05, 0) is 24.3 Å². The first-order chi connectivity index (χ1) is 13.1. The first-order valence-electron chi connectivity index (χ1n) is 7.97. The number of para-hydroxylation sites is 2. The van der Waals surface area contributed by atoms with E-state index in [-0.39, 0.29) is 6.61 Å². The van der Waals surface area contributed by atoms with E-state index >= 15 is 0 Å². The molecule has 0 bridgehead atoms. The summed E-state index contributed by atoms with van der Waals surface area (Å²) < 4.78 is 10.4. The molecule has 2 rings (SSSR count). The van der Waals surface area contributed by atoms with Gasteiger partial charge in [0.15, 0.2) is 18.3 Å². The summed E-state index contributed by atoms with van der Waals surface area (Å²) in [6.07, 6.45) is 0. The molecule has 0 spiro atoms. The van der Waals surface area contributed by atoms with Crippen molar-refractivity contribution in [2.24, 2.45) is 5.92 Å². The molecule has 0 aliphatic heterocycles. The smallest absolute Gasteiger partial charge is 0.276 e. The Morgan fingerprint density at radius 1 is 0.852 bits per heavy atom. The summed E-state index contributed by atoms with van der Waals surface area (Å²) in [5.41, 5.74) is 4.12. The summed E-state index contributed by atoms with van der Waals surface area (Å²) in [6.45, 7) is -0.784. The SMILES string of the molecule is N#C[C@H](C(=O)COc1ccccc1)C(=O)NNC(=O)COc1ccccc1. The predicted molar refractivity (Wildman–Crippen MR) is 94.3 cm³/mol. The highest BCUT2D eigenvalue weighted by Crippen LogP contribution is 2.09. The van der Waals surface area contributed by atoms with Gasteiger partial charge in [-0.2, -0.15) is 5.26 Å². The Balaban J connectivity index is 1.75. The normalized spacial score (nSPS) is 10.8. The fraction of sp³-hybridized carbons (Fsp3) is 0.158. The maximum atomic E-state index is 12.0. The van der Waals surface area contributed by atoms with Crippen molar-refractivity contribution in [3.63, 3.8) is 0 Å². The number of hydrogen-bond donors (Lipinski definition) is 2. The van der Waals surface area contributed by atoms with Gasteiger partial charge in [-0.1, -0.05) is 36.4 Å². The first-order valence-corrected chi connectivity index (χ1v) is 7.97. The fourth-order valence-electron chi connectivity index (χ4n) is 1.94. The topological polar surface area (TPSA) is 118 Å². The zero-order valence-corrected chi connectivity index (χ0v) is 14.3. The van der Waals surface area contributed by atoms with E-state index in [1.54, 1.807) is 66.7 Å². The number of nitriles is 1. The van der Waals surface area contributed by atoms with Crippen molar-refractivity contribution >= 4 is 17.6 Å². The summed E-state index contributed by atoms with van der Waals surface area (Å²) in [4.78, 5) is 35.6. The largest absolute Gasteiger partial charge is 0.486 e. The van der Waals surface area contributed by atoms with Gasteiger partial charge in [0.05, 0.1) is 6.07 Å². The molecular formula is C19H17N3O5. The molecule has 0 aromatic heterocycles. The van der Waals surface area contributed by atoms with Crippen LogP contribution >= 0.6 is 0 Å². The number of ketones is 1. The number of carbonyl (C=O) groups excluding carboxylic acids is 3. The van der Waals surface area contributed by atoms with Gasteiger partial charge in [-0.25, -0.2) is 0 Å². The number of hydrazine groups is 1. The van der Waals surface area contributed by atoms with E-state index in [0.717, 1.165) is 0 Å². The lowest BCUT2D eigenvalue weighted by atomic mass is 10.1. The number of hydrogen-bond acceptors (Lipinski definition) is 6. The van der Waals surface area contributed by atoms with Crippen molar-refractivity contribution in [2.75, 3.05) is 13.2 Å². The van der Waals surface area contributed by atoms with Crippen molar-refractivity contribution in [1.29, 1.82) is 5.26 Å². The van der Waals surface area contributed by atoms with Crippen LogP contribution in [-0.2, 0) is 14.4 Å². The Bertz CT molecular complexity index is 818. The second kappa shape index (κ2) is 10.2. The highest BCUT2D eigenvalue weighted by molar-refractivity contribution is 6.04. The molecule has 8 heteroatoms. The van der Waals surface area contributed by atoms with E-state index in [1.807, 2.05) is 5.43 Å². The van der Waals surface area contributed by atoms with Crippen LogP contribution in [0.2, 0.25) is 0 Å². The Kier molecular flexibility index (Phi) is 7.36. The molecule has 2 amide bonds. The van der Waals surface area contributed by atoms with E-state index in [0.29, 0.717) is 11.5 Å². The second-order valence-corrected chi connectivity index (χ2v) is 5.27. The third-order valence-electron chi connectivity index (χ3n) is 3.28. The Morgan fingerprint density at radius 3 is 1.89 bits per heavy atom. The summed E-state index contributed by atoms with van der Waals surface area (Å²) in [5.74, 6) is -3.00. The van der Waals surface area contributed by atoms with E-state index in [9.17, 15) is 14.4 Å². The summed E-state index contributed by atoms with van der Waals surface area (Å²) >= 11 is 0. The molecule has 0 radical (unpaired) electrons. The highest BCUT2D eigenvalue weighted by Gasteiger charge is 2.27. The van der Waals surface area contributed by atoms with Crippen LogP contribution in [0.4, 0.5) is 0 Å². The number of amides is 2. The molecule has 0 saturated heterocycles. The van der Waals surface area contributed by atoms with Crippen LogP contribution in [0.15, 0.2) is 60.7 Å². The Labute approximate surface area is 155 Å². The summed E-state index contributed by atoms with van der Waals surface area (Å²) in [5, 5.41) is 9.06. The lowest BCUT2D eigenvalue weighted by Gasteiger charge is -2.12. The van der Waals surface area contributed by atoms with Gasteiger partial charge >= 0.3 is 0 Å². The number of Topliss-reactive ketones (excluding diaryl/α,β-unsaturated/α-hetero) is 1. The molecule has 1 atom stereocenters. The van der Waals surface area contributed by atoms with Crippen LogP contribution in [0.25, 0.3) is 0 Å². The highest BCUT2D eigenvalue weighted by atomic mass is 16.5. The average Bonchev–Trinajstić information content (AvgIpc) is 2.71. The number of nitrogens with zero attached hydrogens (tertiary/aromatic N) is 1. The van der Waals surface area contributed by atoms with Crippen LogP contribution in [0.3, 0.4) is 0 Å². The van der Waals surface area contributed by atoms with Crippen LogP contribution in [-0.4, -0.2) is 30.8 Å². The van der Waals surface area contributed by atoms with Crippen LogP contribution in [0, 0.1) is 17.2 Å². The summed E-state index contributed by atoms with van der Waals surface area (Å²) in [7, 11) is 0. The molecule has 2 aromatic rings. The quantitative estimate of drug-likeness (QED) is 0.531. The minimum atomic E-state index is -1.61. The molecular weight excluding hydrogens is 350 g/mol. The number of benzene rings is 2. The number of nitrogens with one attached hydrogen (secondary N) is 2. The Morgan fingerprint density at radius 2 is 1.37 bits per heavy atom. The molecule has 0 heterocycles. The zero-order valence-electron chi connectivity index (χ0n) is 14.3. The minimum absolute atomic E-state index is 0.341. The van der Waals surface area contributed by atoms with Crippen molar-refractivity contribution in [3.8, 4) is 17.6 Å². The van der Waals surface area contributed by atoms with Crippen molar-refractivity contribution < 1.29 is 23.9 Å². The van der Waals surface area contributed by atoms with Gasteiger partial charge in [0.25, 0.3) is 11.8 Å². The van der Waals surface area contributed by atoms with Crippen molar-refractivity contribution in [3.05, 3.63) is 60.7 Å². The van der Waals surface area contributed by atoms with Gasteiger partial charge in [0.2, 0.25) is 0 Å². The predicted octanol–water partition coefficient (Wildman–Crippen LogP) is 1.00. The van der Waals surface area contributed by atoms with E-state index in [4.69, 9.17) is 14.7 Å². The second-order valence-electron chi connectivity index (χ2n) is 5.27. The lowest BCUT2D eigenvalue weighted by molar-refractivity contribution is -0.136. The number of rotatable bonds is 8. The van der Waals surface area contributed by atoms with Gasteiger partial charge in [-0.3, -0.25) is 25.2 Å². The minimum Gasteiger partial charge on any atom is -0.486 e. The van der Waals surface area contributed by atoms with Crippen molar-refractivity contribution in [1.82, 2.24) is 10.9 Å². The lowest BCUT2D eigenvalue weighted by Crippen LogP contribution is -2.48. The maximum Gasteiger partial charge on any atom is 0.276 e. The Hall–Kier alpha value is -3.86. The van der Waals surface area contributed by atoms with Gasteiger partial charge < -0.3 is 9.47 Å². The van der Waals surface area contributed by atoms with E-state index in [1.165, 1.54) is 0 Å². The van der Waals surface area contributed by atoms with Gasteiger partial charge in [0, 0.05) is 0 Å². The molecule has 27 heavy (non-hydrogen) atoms. The molecule has 8 nitrogen and oxygen atoms in total. The van der Waals surface area contributed by atoms with Crippen LogP contribution in [0.1, 0.15) is 0 Å². The van der Waals surface area contributed by atoms with Crippen LogP contribution in [0.5, 0.6) is 11.5 Å². The van der Waals surface area contributed by atoms with E-state index in [2.05, 4.69) is 5.43 Å². The molecule has 0 unspecified atom stereocenters. The first kappa shape index (κ1) is 19.5. The zero-order chi connectivity index (χ0) is 19.5. The third kappa shape index (κ3) is 6.51. The molecule has 138 valence electrons. The third-order valence-corrected chi connectivity index (χ3v) is 3.28. The molecule has 2 N–H and O–H groups in total. The van der Waals surface area contributed by atoms with Crippen LogP contribution < -0.4 is 20.3 Å². The molecule has 2 aromatic carbocycles. The van der Waals surface area contributed by atoms with Crippen molar-refractivity contribution in [2.45, 2.75) is 0 Å². The van der Waals surface area contributed by atoms with E-state index < -0.39 is 30.1 Å². The molecule has 0 fully saturated rings. The number of ether oxygens (including phenoxy) is 2. The molecule has 0 aliphatic carbocycles.